The zero-order valence-corrected chi connectivity index (χ0v) is 16.8. The maximum absolute atomic E-state index is 13.0. The van der Waals surface area contributed by atoms with Crippen molar-refractivity contribution in [3.8, 4) is 11.1 Å². The van der Waals surface area contributed by atoms with E-state index in [1.54, 1.807) is 6.07 Å². The van der Waals surface area contributed by atoms with Crippen LogP contribution < -0.4 is 5.63 Å². The molecule has 3 aromatic carbocycles. The second-order valence-electron chi connectivity index (χ2n) is 7.30. The highest BCUT2D eigenvalue weighted by Crippen LogP contribution is 2.39. The molecule has 5 aromatic rings. The van der Waals surface area contributed by atoms with Crippen molar-refractivity contribution < 1.29 is 18.4 Å². The Balaban J connectivity index is 1.72. The van der Waals surface area contributed by atoms with E-state index in [-0.39, 0.29) is 12.4 Å². The first-order valence-electron chi connectivity index (χ1n) is 9.88. The van der Waals surface area contributed by atoms with Gasteiger partial charge in [-0.2, -0.15) is 0 Å². The Morgan fingerprint density at radius 1 is 0.903 bits per heavy atom. The van der Waals surface area contributed by atoms with Gasteiger partial charge in [0.2, 0.25) is 5.76 Å². The van der Waals surface area contributed by atoms with Crippen LogP contribution in [-0.2, 0) is 11.3 Å². The van der Waals surface area contributed by atoms with Crippen LogP contribution in [0, 0.1) is 6.92 Å². The molecule has 0 aliphatic rings. The fourth-order valence-electron chi connectivity index (χ4n) is 3.77. The van der Waals surface area contributed by atoms with Crippen molar-refractivity contribution in [2.75, 3.05) is 0 Å². The van der Waals surface area contributed by atoms with Crippen LogP contribution in [0.4, 0.5) is 0 Å². The minimum Gasteiger partial charge on any atom is -0.455 e. The number of furan rings is 1. The van der Waals surface area contributed by atoms with Crippen molar-refractivity contribution in [1.82, 2.24) is 0 Å². The molecular formula is C26H18O5. The molecule has 0 radical (unpaired) electrons. The minimum atomic E-state index is -0.581. The van der Waals surface area contributed by atoms with Crippen molar-refractivity contribution in [3.63, 3.8) is 0 Å². The van der Waals surface area contributed by atoms with Crippen LogP contribution in [0.2, 0.25) is 0 Å². The summed E-state index contributed by atoms with van der Waals surface area (Å²) in [4.78, 5) is 25.2. The Kier molecular flexibility index (Phi) is 4.64. The smallest absolute Gasteiger partial charge is 0.375 e. The Morgan fingerprint density at radius 2 is 1.61 bits per heavy atom. The van der Waals surface area contributed by atoms with Crippen molar-refractivity contribution >= 4 is 27.9 Å². The van der Waals surface area contributed by atoms with Crippen LogP contribution in [0.1, 0.15) is 21.7 Å². The van der Waals surface area contributed by atoms with E-state index in [0.29, 0.717) is 22.1 Å². The molecule has 0 saturated heterocycles. The summed E-state index contributed by atoms with van der Waals surface area (Å²) in [6.45, 7) is 1.97. The van der Waals surface area contributed by atoms with Gasteiger partial charge in [0.25, 0.3) is 0 Å². The second-order valence-corrected chi connectivity index (χ2v) is 7.30. The van der Waals surface area contributed by atoms with Crippen LogP contribution in [-0.4, -0.2) is 5.97 Å². The van der Waals surface area contributed by atoms with Gasteiger partial charge in [0.15, 0.2) is 0 Å². The molecule has 2 aromatic heterocycles. The van der Waals surface area contributed by atoms with Crippen LogP contribution in [0.15, 0.2) is 92.5 Å². The van der Waals surface area contributed by atoms with Gasteiger partial charge < -0.3 is 13.6 Å². The minimum absolute atomic E-state index is 0.0776. The quantitative estimate of drug-likeness (QED) is 0.274. The largest absolute Gasteiger partial charge is 0.455 e. The predicted molar refractivity (Wildman–Crippen MR) is 118 cm³/mol. The van der Waals surface area contributed by atoms with E-state index in [4.69, 9.17) is 13.6 Å². The topological polar surface area (TPSA) is 69.7 Å². The molecular weight excluding hydrogens is 392 g/mol. The van der Waals surface area contributed by atoms with Gasteiger partial charge >= 0.3 is 11.6 Å². The van der Waals surface area contributed by atoms with Crippen molar-refractivity contribution in [1.29, 1.82) is 0 Å². The van der Waals surface area contributed by atoms with Gasteiger partial charge in [-0.1, -0.05) is 60.7 Å². The third-order valence-electron chi connectivity index (χ3n) is 5.23. The first-order chi connectivity index (χ1) is 15.1. The number of carbonyl (C=O) groups is 1. The third-order valence-corrected chi connectivity index (χ3v) is 5.23. The van der Waals surface area contributed by atoms with Gasteiger partial charge in [-0.05, 0) is 35.7 Å². The summed E-state index contributed by atoms with van der Waals surface area (Å²) in [5.41, 5.74) is 3.38. The number of esters is 1. The first-order valence-corrected chi connectivity index (χ1v) is 9.88. The normalized spacial score (nSPS) is 11.1. The maximum Gasteiger partial charge on any atom is 0.375 e. The molecule has 5 nitrogen and oxygen atoms in total. The summed E-state index contributed by atoms with van der Waals surface area (Å²) < 4.78 is 17.1. The van der Waals surface area contributed by atoms with Gasteiger partial charge in [0.05, 0.1) is 5.39 Å². The molecule has 0 amide bonds. The molecule has 0 N–H and O–H groups in total. The summed E-state index contributed by atoms with van der Waals surface area (Å²) in [7, 11) is 0. The van der Waals surface area contributed by atoms with E-state index in [1.807, 2.05) is 73.7 Å². The molecule has 0 saturated carbocycles. The number of aryl methyl sites for hydroxylation is 1. The average Bonchev–Trinajstić information content (AvgIpc) is 3.19. The Hall–Kier alpha value is -4.12. The average molecular weight is 410 g/mol. The number of hydrogen-bond acceptors (Lipinski definition) is 5. The van der Waals surface area contributed by atoms with E-state index in [9.17, 15) is 9.59 Å². The number of ether oxygens (including phenoxy) is 1. The second kappa shape index (κ2) is 7.61. The van der Waals surface area contributed by atoms with Gasteiger partial charge in [-0.15, -0.1) is 0 Å². The van der Waals surface area contributed by atoms with E-state index in [1.165, 1.54) is 6.07 Å². The molecule has 2 heterocycles. The van der Waals surface area contributed by atoms with Crippen LogP contribution >= 0.6 is 0 Å². The van der Waals surface area contributed by atoms with E-state index >= 15 is 0 Å². The SMILES string of the molecule is Cc1cc(=O)oc2c1ccc1oc(C(=O)OCc3ccccc3)c(-c3ccccc3)c12. The molecule has 0 spiro atoms. The molecule has 31 heavy (non-hydrogen) atoms. The zero-order chi connectivity index (χ0) is 21.4. The van der Waals surface area contributed by atoms with Gasteiger partial charge in [-0.25, -0.2) is 9.59 Å². The monoisotopic (exact) mass is 410 g/mol. The molecule has 0 bridgehead atoms. The lowest BCUT2D eigenvalue weighted by Gasteiger charge is -2.06. The lowest BCUT2D eigenvalue weighted by Crippen LogP contribution is -2.05. The van der Waals surface area contributed by atoms with Crippen LogP contribution in [0.25, 0.3) is 33.1 Å². The lowest BCUT2D eigenvalue weighted by molar-refractivity contribution is 0.0440. The Bertz CT molecular complexity index is 1460. The Labute approximate surface area is 177 Å². The summed E-state index contributed by atoms with van der Waals surface area (Å²) in [6.07, 6.45) is 0. The van der Waals surface area contributed by atoms with Crippen LogP contribution in [0.5, 0.6) is 0 Å². The number of hydrogen-bond donors (Lipinski definition) is 0. The fourth-order valence-corrected chi connectivity index (χ4v) is 3.77. The van der Waals surface area contributed by atoms with E-state index in [2.05, 4.69) is 0 Å². The third kappa shape index (κ3) is 3.40. The fraction of sp³-hybridized carbons (Fsp3) is 0.0769. The molecule has 0 unspecified atom stereocenters. The highest BCUT2D eigenvalue weighted by molar-refractivity contribution is 6.15. The summed E-state index contributed by atoms with van der Waals surface area (Å²) in [5.74, 6) is -0.504. The molecule has 152 valence electrons. The lowest BCUT2D eigenvalue weighted by atomic mass is 9.99. The van der Waals surface area contributed by atoms with Gasteiger partial charge in [0.1, 0.15) is 17.8 Å². The molecule has 0 aliphatic heterocycles. The van der Waals surface area contributed by atoms with Crippen LogP contribution in [0.3, 0.4) is 0 Å². The van der Waals surface area contributed by atoms with E-state index < -0.39 is 11.6 Å². The van der Waals surface area contributed by atoms with E-state index in [0.717, 1.165) is 22.1 Å². The number of benzene rings is 3. The molecule has 5 rings (SSSR count). The summed E-state index contributed by atoms with van der Waals surface area (Å²) in [6, 6.07) is 23.9. The van der Waals surface area contributed by atoms with Crippen molar-refractivity contribution in [2.45, 2.75) is 13.5 Å². The number of carbonyl (C=O) groups excluding carboxylic acids is 1. The highest BCUT2D eigenvalue weighted by atomic mass is 16.5. The first kappa shape index (κ1) is 18.9. The van der Waals surface area contributed by atoms with Gasteiger partial charge in [-0.3, -0.25) is 0 Å². The Morgan fingerprint density at radius 3 is 2.35 bits per heavy atom. The summed E-state index contributed by atoms with van der Waals surface area (Å²) in [5, 5.41) is 1.37. The highest BCUT2D eigenvalue weighted by Gasteiger charge is 2.26. The number of rotatable bonds is 4. The zero-order valence-electron chi connectivity index (χ0n) is 16.8. The maximum atomic E-state index is 13.0. The molecule has 0 fully saturated rings. The number of fused-ring (bicyclic) bond motifs is 3. The van der Waals surface area contributed by atoms with Crippen molar-refractivity contribution in [3.05, 3.63) is 106 Å². The molecule has 0 aliphatic carbocycles. The standard InChI is InChI=1S/C26H18O5/c1-16-14-21(27)31-24-19(16)12-13-20-23(24)22(18-10-6-3-7-11-18)25(30-20)26(28)29-15-17-8-4-2-5-9-17/h2-14H,15H2,1H3. The predicted octanol–water partition coefficient (Wildman–Crippen LogP) is 5.87. The summed E-state index contributed by atoms with van der Waals surface area (Å²) >= 11 is 0. The molecule has 5 heteroatoms. The van der Waals surface area contributed by atoms with Crippen molar-refractivity contribution in [2.24, 2.45) is 0 Å². The van der Waals surface area contributed by atoms with Gasteiger partial charge in [0, 0.05) is 17.0 Å². The molecule has 0 atom stereocenters.